The van der Waals surface area contributed by atoms with E-state index in [1.807, 2.05) is 43.0 Å². The minimum atomic E-state index is -0.873. The monoisotopic (exact) mass is 451 g/mol. The molecule has 31 heavy (non-hydrogen) atoms. The van der Waals surface area contributed by atoms with Crippen LogP contribution in [-0.2, 0) is 14.3 Å². The fourth-order valence-electron chi connectivity index (χ4n) is 4.13. The average Bonchev–Trinajstić information content (AvgIpc) is 2.75. The molecule has 2 aliphatic rings. The zero-order chi connectivity index (χ0) is 22.4. The van der Waals surface area contributed by atoms with E-state index in [1.54, 1.807) is 11.0 Å². The van der Waals surface area contributed by atoms with Crippen molar-refractivity contribution in [1.82, 2.24) is 14.7 Å². The summed E-state index contributed by atoms with van der Waals surface area (Å²) in [5.74, 6) is 0.773. The lowest BCUT2D eigenvalue weighted by atomic mass is 9.96. The highest BCUT2D eigenvalue weighted by Crippen LogP contribution is 2.28. The Labute approximate surface area is 190 Å². The van der Waals surface area contributed by atoms with Gasteiger partial charge in [-0.05, 0) is 64.0 Å². The van der Waals surface area contributed by atoms with Crippen LogP contribution in [-0.4, -0.2) is 92.1 Å². The van der Waals surface area contributed by atoms with Gasteiger partial charge in [-0.2, -0.15) is 0 Å². The van der Waals surface area contributed by atoms with Crippen molar-refractivity contribution in [3.63, 3.8) is 0 Å². The van der Waals surface area contributed by atoms with Crippen LogP contribution in [0.5, 0.6) is 5.75 Å². The van der Waals surface area contributed by atoms with Crippen LogP contribution in [0, 0.1) is 6.92 Å². The molecule has 0 aliphatic carbocycles. The van der Waals surface area contributed by atoms with Crippen molar-refractivity contribution in [1.29, 1.82) is 0 Å². The van der Waals surface area contributed by atoms with E-state index in [-0.39, 0.29) is 24.8 Å². The second-order valence-electron chi connectivity index (χ2n) is 8.90. The van der Waals surface area contributed by atoms with E-state index >= 15 is 0 Å². The summed E-state index contributed by atoms with van der Waals surface area (Å²) in [7, 11) is 3.74. The number of likely N-dealkylation sites (N-methyl/N-ethyl adjacent to an activating group) is 1. The number of rotatable bonds is 7. The molecular formula is C23H34ClN3O4. The molecule has 2 aliphatic heterocycles. The second kappa shape index (κ2) is 10.7. The number of hydrogen-bond donors (Lipinski definition) is 0. The molecule has 2 amide bonds. The topological polar surface area (TPSA) is 62.3 Å². The standard InChI is InChI=1S/C23H34ClN3O4/c1-18-13-19(7-8-20(18)24)30-17-23(14-21(28)26-9-5-4-6-10-26)16-27(11-12-31-23)22(29)15-25(2)3/h7-8,13H,4-6,9-12,14-17H2,1-3H3/t23-/m0/s1. The first-order chi connectivity index (χ1) is 14.8. The van der Waals surface area contributed by atoms with E-state index in [0.717, 1.165) is 37.9 Å². The number of likely N-dealkylation sites (tertiary alicyclic amines) is 1. The maximum atomic E-state index is 13.1. The molecule has 2 heterocycles. The lowest BCUT2D eigenvalue weighted by Gasteiger charge is -2.43. The Balaban J connectivity index is 1.75. The van der Waals surface area contributed by atoms with Crippen molar-refractivity contribution in [2.24, 2.45) is 0 Å². The molecule has 0 saturated carbocycles. The molecule has 0 unspecified atom stereocenters. The first-order valence-electron chi connectivity index (χ1n) is 11.0. The third-order valence-corrected chi connectivity index (χ3v) is 6.29. The number of hydrogen-bond acceptors (Lipinski definition) is 5. The normalized spacial score (nSPS) is 22.0. The van der Waals surface area contributed by atoms with Gasteiger partial charge in [-0.25, -0.2) is 0 Å². The molecule has 2 saturated heterocycles. The van der Waals surface area contributed by atoms with E-state index < -0.39 is 5.60 Å². The van der Waals surface area contributed by atoms with Crippen molar-refractivity contribution < 1.29 is 19.1 Å². The number of carbonyl (C=O) groups excluding carboxylic acids is 2. The average molecular weight is 452 g/mol. The molecule has 0 bridgehead atoms. The summed E-state index contributed by atoms with van der Waals surface area (Å²) >= 11 is 6.13. The van der Waals surface area contributed by atoms with Crippen LogP contribution in [0.2, 0.25) is 5.02 Å². The molecule has 1 aromatic rings. The van der Waals surface area contributed by atoms with E-state index in [2.05, 4.69) is 0 Å². The largest absolute Gasteiger partial charge is 0.490 e. The first-order valence-corrected chi connectivity index (χ1v) is 11.4. The predicted octanol–water partition coefficient (Wildman–Crippen LogP) is 2.59. The van der Waals surface area contributed by atoms with Crippen LogP contribution >= 0.6 is 11.6 Å². The summed E-state index contributed by atoms with van der Waals surface area (Å²) in [6.07, 6.45) is 3.43. The third-order valence-electron chi connectivity index (χ3n) is 5.87. The van der Waals surface area contributed by atoms with Gasteiger partial charge in [-0.1, -0.05) is 11.6 Å². The van der Waals surface area contributed by atoms with Gasteiger partial charge in [0.15, 0.2) is 0 Å². The van der Waals surface area contributed by atoms with Crippen LogP contribution in [0.4, 0.5) is 0 Å². The molecule has 8 heteroatoms. The fourth-order valence-corrected chi connectivity index (χ4v) is 4.24. The summed E-state index contributed by atoms with van der Waals surface area (Å²) < 4.78 is 12.3. The predicted molar refractivity (Wildman–Crippen MR) is 121 cm³/mol. The molecule has 1 aromatic carbocycles. The second-order valence-corrected chi connectivity index (χ2v) is 9.31. The van der Waals surface area contributed by atoms with Crippen molar-refractivity contribution in [2.75, 3.05) is 60.0 Å². The zero-order valence-electron chi connectivity index (χ0n) is 18.9. The number of nitrogens with zero attached hydrogens (tertiary/aromatic N) is 3. The number of aryl methyl sites for hydroxylation is 1. The van der Waals surface area contributed by atoms with E-state index in [9.17, 15) is 9.59 Å². The minimum Gasteiger partial charge on any atom is -0.490 e. The smallest absolute Gasteiger partial charge is 0.236 e. The van der Waals surface area contributed by atoms with E-state index in [0.29, 0.717) is 37.0 Å². The quantitative estimate of drug-likeness (QED) is 0.637. The summed E-state index contributed by atoms with van der Waals surface area (Å²) in [4.78, 5) is 31.4. The highest BCUT2D eigenvalue weighted by Gasteiger charge is 2.42. The number of morpholine rings is 1. The van der Waals surface area contributed by atoms with Gasteiger partial charge in [-0.3, -0.25) is 9.59 Å². The number of halogens is 1. The van der Waals surface area contributed by atoms with Gasteiger partial charge in [-0.15, -0.1) is 0 Å². The fraction of sp³-hybridized carbons (Fsp3) is 0.652. The molecule has 172 valence electrons. The third kappa shape index (κ3) is 6.57. The molecule has 0 radical (unpaired) electrons. The molecule has 0 aromatic heterocycles. The van der Waals surface area contributed by atoms with Gasteiger partial charge in [0.2, 0.25) is 11.8 Å². The Morgan fingerprint density at radius 1 is 1.13 bits per heavy atom. The SMILES string of the molecule is Cc1cc(OC[C@]2(CC(=O)N3CCCCC3)CN(C(=O)CN(C)C)CCO2)ccc1Cl. The Bertz CT molecular complexity index is 782. The van der Waals surface area contributed by atoms with E-state index in [4.69, 9.17) is 21.1 Å². The Hall–Kier alpha value is -1.83. The van der Waals surface area contributed by atoms with E-state index in [1.165, 1.54) is 0 Å². The highest BCUT2D eigenvalue weighted by atomic mass is 35.5. The summed E-state index contributed by atoms with van der Waals surface area (Å²) in [5.41, 5.74) is 0.0485. The number of ether oxygens (including phenoxy) is 2. The van der Waals surface area contributed by atoms with Crippen molar-refractivity contribution in [3.05, 3.63) is 28.8 Å². The van der Waals surface area contributed by atoms with Crippen molar-refractivity contribution in [3.8, 4) is 5.75 Å². The molecule has 2 fully saturated rings. The van der Waals surface area contributed by atoms with Gasteiger partial charge in [0, 0.05) is 24.7 Å². The molecular weight excluding hydrogens is 418 g/mol. The van der Waals surface area contributed by atoms with Crippen molar-refractivity contribution in [2.45, 2.75) is 38.2 Å². The molecule has 0 N–H and O–H groups in total. The van der Waals surface area contributed by atoms with Gasteiger partial charge in [0.1, 0.15) is 18.0 Å². The lowest BCUT2D eigenvalue weighted by molar-refractivity contribution is -0.166. The van der Waals surface area contributed by atoms with Gasteiger partial charge >= 0.3 is 0 Å². The molecule has 1 atom stereocenters. The summed E-state index contributed by atoms with van der Waals surface area (Å²) in [6, 6.07) is 5.49. The maximum absolute atomic E-state index is 13.1. The molecule has 7 nitrogen and oxygen atoms in total. The van der Waals surface area contributed by atoms with Crippen LogP contribution in [0.1, 0.15) is 31.2 Å². The van der Waals surface area contributed by atoms with Crippen LogP contribution in [0.15, 0.2) is 18.2 Å². The molecule has 0 spiro atoms. The number of carbonyl (C=O) groups is 2. The van der Waals surface area contributed by atoms with Gasteiger partial charge < -0.3 is 24.2 Å². The zero-order valence-corrected chi connectivity index (χ0v) is 19.6. The summed E-state index contributed by atoms with van der Waals surface area (Å²) in [5, 5.41) is 0.678. The van der Waals surface area contributed by atoms with Crippen molar-refractivity contribution >= 4 is 23.4 Å². The summed E-state index contributed by atoms with van der Waals surface area (Å²) in [6.45, 7) is 5.26. The molecule has 3 rings (SSSR count). The van der Waals surface area contributed by atoms with Gasteiger partial charge in [0.25, 0.3) is 0 Å². The Morgan fingerprint density at radius 3 is 2.55 bits per heavy atom. The highest BCUT2D eigenvalue weighted by molar-refractivity contribution is 6.31. The number of amides is 2. The Kier molecular flexibility index (Phi) is 8.19. The Morgan fingerprint density at radius 2 is 1.87 bits per heavy atom. The number of piperidine rings is 1. The maximum Gasteiger partial charge on any atom is 0.236 e. The van der Waals surface area contributed by atoms with Crippen LogP contribution in [0.25, 0.3) is 0 Å². The van der Waals surface area contributed by atoms with Gasteiger partial charge in [0.05, 0.1) is 26.1 Å². The van der Waals surface area contributed by atoms with Crippen LogP contribution in [0.3, 0.4) is 0 Å². The number of benzene rings is 1. The first kappa shape index (κ1) is 23.8. The van der Waals surface area contributed by atoms with Crippen LogP contribution < -0.4 is 4.74 Å². The lowest BCUT2D eigenvalue weighted by Crippen LogP contribution is -2.59. The minimum absolute atomic E-state index is 0.0328.